The van der Waals surface area contributed by atoms with Gasteiger partial charge in [-0.1, -0.05) is 0 Å². The van der Waals surface area contributed by atoms with Crippen molar-refractivity contribution in [1.29, 1.82) is 0 Å². The van der Waals surface area contributed by atoms with Gasteiger partial charge in [0.1, 0.15) is 11.4 Å². The van der Waals surface area contributed by atoms with Crippen LogP contribution in [0.3, 0.4) is 0 Å². The second kappa shape index (κ2) is 5.61. The number of rotatable bonds is 6. The number of hydrogen-bond acceptors (Lipinski definition) is 4. The van der Waals surface area contributed by atoms with Crippen molar-refractivity contribution in [3.05, 3.63) is 11.4 Å². The molecule has 0 aromatic carbocycles. The van der Waals surface area contributed by atoms with Crippen LogP contribution in [-0.4, -0.2) is 42.2 Å². The highest BCUT2D eigenvalue weighted by Gasteiger charge is 2.25. The molecular formula is C9H13F2N3O4S. The summed E-state index contributed by atoms with van der Waals surface area (Å²) >= 11 is 0. The molecule has 2 N–H and O–H groups in total. The van der Waals surface area contributed by atoms with Crippen LogP contribution in [0.2, 0.25) is 0 Å². The van der Waals surface area contributed by atoms with E-state index in [1.54, 1.807) is 4.72 Å². The molecule has 7 nitrogen and oxygen atoms in total. The molecule has 1 aromatic heterocycles. The van der Waals surface area contributed by atoms with Crippen LogP contribution in [0.25, 0.3) is 0 Å². The third-order valence-electron chi connectivity index (χ3n) is 2.30. The Morgan fingerprint density at radius 3 is 2.53 bits per heavy atom. The first-order valence-corrected chi connectivity index (χ1v) is 6.67. The molecule has 0 radical (unpaired) electrons. The molecular weight excluding hydrogens is 284 g/mol. The van der Waals surface area contributed by atoms with E-state index in [0.717, 1.165) is 4.68 Å². The lowest BCUT2D eigenvalue weighted by atomic mass is 10.4. The van der Waals surface area contributed by atoms with Crippen LogP contribution in [0, 0.1) is 13.8 Å². The first-order valence-electron chi connectivity index (χ1n) is 5.18. The molecule has 1 heterocycles. The van der Waals surface area contributed by atoms with E-state index in [9.17, 15) is 22.0 Å². The molecule has 0 aliphatic carbocycles. The first kappa shape index (κ1) is 15.5. The predicted octanol–water partition coefficient (Wildman–Crippen LogP) is 0.128. The van der Waals surface area contributed by atoms with Gasteiger partial charge in [-0.15, -0.1) is 0 Å². The fourth-order valence-corrected chi connectivity index (χ4v) is 3.01. The summed E-state index contributed by atoms with van der Waals surface area (Å²) in [7, 11) is -4.14. The predicted molar refractivity (Wildman–Crippen MR) is 60.5 cm³/mol. The summed E-state index contributed by atoms with van der Waals surface area (Å²) in [6.07, 6.45) is -2.82. The van der Waals surface area contributed by atoms with Crippen LogP contribution in [0.1, 0.15) is 11.4 Å². The van der Waals surface area contributed by atoms with Crippen LogP contribution in [0.15, 0.2) is 4.90 Å². The van der Waals surface area contributed by atoms with Gasteiger partial charge in [0.05, 0.1) is 17.9 Å². The van der Waals surface area contributed by atoms with E-state index in [1.165, 1.54) is 13.8 Å². The van der Waals surface area contributed by atoms with Gasteiger partial charge in [0.2, 0.25) is 10.0 Å². The van der Waals surface area contributed by atoms with E-state index in [2.05, 4.69) is 5.10 Å². The van der Waals surface area contributed by atoms with Gasteiger partial charge in [-0.25, -0.2) is 21.9 Å². The minimum Gasteiger partial charge on any atom is -0.480 e. The van der Waals surface area contributed by atoms with Crippen LogP contribution in [-0.2, 0) is 21.4 Å². The number of halogens is 2. The lowest BCUT2D eigenvalue weighted by Gasteiger charge is -2.06. The van der Waals surface area contributed by atoms with Gasteiger partial charge in [-0.05, 0) is 13.8 Å². The Morgan fingerprint density at radius 2 is 2.05 bits per heavy atom. The summed E-state index contributed by atoms with van der Waals surface area (Å²) in [6.45, 7) is 1.21. The van der Waals surface area contributed by atoms with Crippen molar-refractivity contribution in [2.45, 2.75) is 31.7 Å². The van der Waals surface area contributed by atoms with Crippen LogP contribution in [0.4, 0.5) is 8.78 Å². The van der Waals surface area contributed by atoms with Crippen LogP contribution in [0.5, 0.6) is 0 Å². The fourth-order valence-electron chi connectivity index (χ4n) is 1.60. The van der Waals surface area contributed by atoms with Crippen molar-refractivity contribution in [1.82, 2.24) is 14.5 Å². The van der Waals surface area contributed by atoms with E-state index in [1.807, 2.05) is 0 Å². The molecule has 0 saturated heterocycles. The van der Waals surface area contributed by atoms with Crippen molar-refractivity contribution in [3.63, 3.8) is 0 Å². The number of sulfonamides is 1. The summed E-state index contributed by atoms with van der Waals surface area (Å²) in [5.74, 6) is -1.19. The first-order chi connectivity index (χ1) is 8.65. The number of carbonyl (C=O) groups is 1. The molecule has 0 saturated carbocycles. The second-order valence-electron chi connectivity index (χ2n) is 3.79. The molecule has 0 spiro atoms. The molecule has 0 fully saturated rings. The molecule has 10 heteroatoms. The number of aliphatic carboxylic acids is 1. The quantitative estimate of drug-likeness (QED) is 0.777. The number of aromatic nitrogens is 2. The molecule has 0 amide bonds. The van der Waals surface area contributed by atoms with E-state index in [-0.39, 0.29) is 16.3 Å². The van der Waals surface area contributed by atoms with E-state index in [0.29, 0.717) is 0 Å². The maximum absolute atomic E-state index is 12.0. The van der Waals surface area contributed by atoms with Gasteiger partial charge in [0.25, 0.3) is 6.43 Å². The zero-order valence-electron chi connectivity index (χ0n) is 10.2. The molecule has 0 aliphatic heterocycles. The third kappa shape index (κ3) is 3.70. The van der Waals surface area contributed by atoms with Gasteiger partial charge >= 0.3 is 5.97 Å². The smallest absolute Gasteiger partial charge is 0.325 e. The minimum absolute atomic E-state index is 0.0560. The summed E-state index contributed by atoms with van der Waals surface area (Å²) in [6, 6.07) is 0. The second-order valence-corrected chi connectivity index (χ2v) is 5.50. The highest BCUT2D eigenvalue weighted by Crippen LogP contribution is 2.19. The van der Waals surface area contributed by atoms with E-state index in [4.69, 9.17) is 5.11 Å². The van der Waals surface area contributed by atoms with Gasteiger partial charge in [0.15, 0.2) is 0 Å². The summed E-state index contributed by atoms with van der Waals surface area (Å²) in [5.41, 5.74) is 0.141. The average Bonchev–Trinajstić information content (AvgIpc) is 2.51. The molecule has 0 aliphatic rings. The maximum Gasteiger partial charge on any atom is 0.325 e. The van der Waals surface area contributed by atoms with Crippen molar-refractivity contribution >= 4 is 16.0 Å². The summed E-state index contributed by atoms with van der Waals surface area (Å²) in [4.78, 5) is 10.3. The molecule has 0 bridgehead atoms. The van der Waals surface area contributed by atoms with Crippen molar-refractivity contribution in [2.24, 2.45) is 0 Å². The number of nitrogens with zero attached hydrogens (tertiary/aromatic N) is 2. The molecule has 0 atom stereocenters. The normalized spacial score (nSPS) is 12.1. The van der Waals surface area contributed by atoms with Gasteiger partial charge in [-0.3, -0.25) is 9.48 Å². The Kier molecular flexibility index (Phi) is 4.58. The minimum atomic E-state index is -4.14. The largest absolute Gasteiger partial charge is 0.480 e. The number of alkyl halides is 2. The number of carboxylic acid groups (broad SMARTS) is 1. The Labute approximate surface area is 108 Å². The van der Waals surface area contributed by atoms with Gasteiger partial charge in [0, 0.05) is 0 Å². The Bertz CT molecular complexity index is 583. The van der Waals surface area contributed by atoms with Gasteiger partial charge < -0.3 is 5.11 Å². The van der Waals surface area contributed by atoms with Crippen LogP contribution >= 0.6 is 0 Å². The lowest BCUT2D eigenvalue weighted by molar-refractivity contribution is -0.137. The van der Waals surface area contributed by atoms with Crippen molar-refractivity contribution in [3.8, 4) is 0 Å². The lowest BCUT2D eigenvalue weighted by Crippen LogP contribution is -2.29. The van der Waals surface area contributed by atoms with E-state index < -0.39 is 35.5 Å². The average molecular weight is 297 g/mol. The van der Waals surface area contributed by atoms with E-state index >= 15 is 0 Å². The highest BCUT2D eigenvalue weighted by atomic mass is 32.2. The number of aryl methyl sites for hydroxylation is 1. The Morgan fingerprint density at radius 1 is 1.47 bits per heavy atom. The highest BCUT2D eigenvalue weighted by molar-refractivity contribution is 7.89. The monoisotopic (exact) mass is 297 g/mol. The standard InChI is InChI=1S/C9H13F2N3O4S/c1-5-9(19(17,18)12-3-7(10)11)6(2)14(13-5)4-8(15)16/h7,12H,3-4H2,1-2H3,(H,15,16). The third-order valence-corrected chi connectivity index (χ3v) is 3.97. The molecule has 1 aromatic rings. The molecule has 108 valence electrons. The van der Waals surface area contributed by atoms with Crippen molar-refractivity contribution in [2.75, 3.05) is 6.54 Å². The topological polar surface area (TPSA) is 101 Å². The summed E-state index contributed by atoms with van der Waals surface area (Å²) < 4.78 is 50.5. The maximum atomic E-state index is 12.0. The SMILES string of the molecule is Cc1nn(CC(=O)O)c(C)c1S(=O)(=O)NCC(F)F. The Hall–Kier alpha value is -1.55. The zero-order chi connectivity index (χ0) is 14.8. The van der Waals surface area contributed by atoms with Gasteiger partial charge in [-0.2, -0.15) is 5.10 Å². The molecule has 19 heavy (non-hydrogen) atoms. The molecule has 1 rings (SSSR count). The Balaban J connectivity index is 3.13. The van der Waals surface area contributed by atoms with Crippen LogP contribution < -0.4 is 4.72 Å². The van der Waals surface area contributed by atoms with Crippen molar-refractivity contribution < 1.29 is 27.1 Å². The summed E-state index contributed by atoms with van der Waals surface area (Å²) in [5, 5.41) is 12.4. The fraction of sp³-hybridized carbons (Fsp3) is 0.556. The number of hydrogen-bond donors (Lipinski definition) is 2. The number of carboxylic acids is 1. The number of nitrogens with one attached hydrogen (secondary N) is 1. The zero-order valence-corrected chi connectivity index (χ0v) is 11.0. The molecule has 0 unspecified atom stereocenters.